The molecule has 0 heterocycles. The molecule has 0 saturated carbocycles. The zero-order valence-electron chi connectivity index (χ0n) is 8.63. The molecule has 0 saturated heterocycles. The summed E-state index contributed by atoms with van der Waals surface area (Å²) in [5.74, 6) is 0. The molecule has 1 rings (SSSR count). The van der Waals surface area contributed by atoms with Crippen molar-refractivity contribution in [1.29, 1.82) is 0 Å². The Bertz CT molecular complexity index is 502. The predicted octanol–water partition coefficient (Wildman–Crippen LogP) is 2.74. The van der Waals surface area contributed by atoms with E-state index in [-0.39, 0.29) is 12.0 Å². The number of hydrogen-bond donors (Lipinski definition) is 1. The summed E-state index contributed by atoms with van der Waals surface area (Å²) >= 11 is -11.1. The van der Waals surface area contributed by atoms with E-state index in [2.05, 4.69) is 3.63 Å². The molecule has 0 aliphatic rings. The quantitative estimate of drug-likeness (QED) is 0.257. The first kappa shape index (κ1) is 18.8. The second kappa shape index (κ2) is 5.32. The molecule has 0 aliphatic heterocycles. The molecule has 0 unspecified atom stereocenters. The molecule has 0 atom stereocenters. The maximum atomic E-state index is 10.1. The minimum absolute atomic E-state index is 0.104. The molecule has 0 radical (unpaired) electrons. The monoisotopic (exact) mass is 442 g/mol. The van der Waals surface area contributed by atoms with Gasteiger partial charge in [-0.1, -0.05) is 18.2 Å². The van der Waals surface area contributed by atoms with Gasteiger partial charge in [-0.3, -0.25) is 4.55 Å². The zero-order valence-corrected chi connectivity index (χ0v) is 12.9. The Kier molecular flexibility index (Phi) is 5.27. The van der Waals surface area contributed by atoms with Crippen LogP contribution < -0.4 is 0 Å². The average Bonchev–Trinajstić information content (AvgIpc) is 2.10. The van der Waals surface area contributed by atoms with E-state index < -0.39 is 29.9 Å². The van der Waals surface area contributed by atoms with E-state index >= 15 is 0 Å². The first-order valence-corrected chi connectivity index (χ1v) is 12.0. The molecule has 0 aromatic heterocycles. The standard InChI is InChI=1S/C6H6O4S2.6FH.Sb/c7-12(8,9)10-11-6-4-2-1-3-5-6;;;;;;;/h1-5H,(H,7,8,9);6*1H;/q;;;;;;;+5/p-5. The Hall–Kier alpha value is -0.162. The van der Waals surface area contributed by atoms with Crippen LogP contribution in [0.15, 0.2) is 35.2 Å². The van der Waals surface area contributed by atoms with Crippen LogP contribution in [-0.4, -0.2) is 32.4 Å². The zero-order chi connectivity index (χ0) is 15.4. The summed E-state index contributed by atoms with van der Waals surface area (Å²) < 4.78 is 92.1. The van der Waals surface area contributed by atoms with E-state index in [1.165, 1.54) is 0 Å². The molecule has 0 aliphatic carbocycles. The molecule has 0 bridgehead atoms. The number of halogens is 6. The van der Waals surface area contributed by atoms with Gasteiger partial charge in [-0.2, -0.15) is 8.42 Å². The van der Waals surface area contributed by atoms with Gasteiger partial charge in [-0.15, -0.1) is 0 Å². The van der Waals surface area contributed by atoms with Gasteiger partial charge in [0.25, 0.3) is 0 Å². The van der Waals surface area contributed by atoms with Crippen molar-refractivity contribution in [2.45, 2.75) is 4.90 Å². The van der Waals surface area contributed by atoms with Gasteiger partial charge >= 0.3 is 46.8 Å². The molecule has 4 nitrogen and oxygen atoms in total. The Morgan fingerprint density at radius 2 is 1.37 bits per heavy atom. The Morgan fingerprint density at radius 3 is 1.68 bits per heavy atom. The second-order valence-electron chi connectivity index (χ2n) is 2.89. The molecule has 1 aromatic carbocycles. The molecule has 0 spiro atoms. The molecule has 0 amide bonds. The van der Waals surface area contributed by atoms with Crippen LogP contribution in [0.5, 0.6) is 0 Å². The van der Waals surface area contributed by atoms with E-state index in [0.29, 0.717) is 4.90 Å². The van der Waals surface area contributed by atoms with Gasteiger partial charge in [-0.25, -0.2) is 0 Å². The van der Waals surface area contributed by atoms with Crippen molar-refractivity contribution >= 4 is 41.9 Å². The predicted molar refractivity (Wildman–Crippen MR) is 58.5 cm³/mol. The summed E-state index contributed by atoms with van der Waals surface area (Å²) in [7, 11) is -4.33. The summed E-state index contributed by atoms with van der Waals surface area (Å²) in [6.45, 7) is 0. The third-order valence-electron chi connectivity index (χ3n) is 0.993. The Balaban J connectivity index is 0.000000399. The Morgan fingerprint density at radius 1 is 1.00 bits per heavy atom. The van der Waals surface area contributed by atoms with Gasteiger partial charge in [0.2, 0.25) is 0 Å². The molecule has 114 valence electrons. The maximum absolute atomic E-state index is 11.2. The number of benzene rings is 1. The van der Waals surface area contributed by atoms with Crippen molar-refractivity contribution in [3.05, 3.63) is 30.3 Å². The SMILES string of the molecule is O=S(=O)(O)O[SH+]c1ccccc1.[F][Sb-]([F])([F])([F])([F])[F]. The molecule has 0 fully saturated rings. The molecular weight excluding hydrogens is 436 g/mol. The van der Waals surface area contributed by atoms with Crippen molar-refractivity contribution in [3.8, 4) is 0 Å². The molecule has 1 aromatic rings. The summed E-state index contributed by atoms with van der Waals surface area (Å²) in [6.07, 6.45) is 0. The van der Waals surface area contributed by atoms with Crippen molar-refractivity contribution in [3.63, 3.8) is 0 Å². The van der Waals surface area contributed by atoms with E-state index in [0.717, 1.165) is 0 Å². The van der Waals surface area contributed by atoms with Gasteiger partial charge in [0.1, 0.15) is 0 Å². The summed E-state index contributed by atoms with van der Waals surface area (Å²) in [4.78, 5) is 0.662. The summed E-state index contributed by atoms with van der Waals surface area (Å²) in [5.41, 5.74) is 0. The Labute approximate surface area is 110 Å². The fourth-order valence-electron chi connectivity index (χ4n) is 0.579. The van der Waals surface area contributed by atoms with Crippen LogP contribution >= 0.6 is 0 Å². The third kappa shape index (κ3) is 23.4. The van der Waals surface area contributed by atoms with Crippen LogP contribution in [0, 0.1) is 0 Å². The number of rotatable bonds is 3. The normalized spacial score (nSPS) is 15.7. The van der Waals surface area contributed by atoms with Crippen LogP contribution in [0.2, 0.25) is 0 Å². The van der Waals surface area contributed by atoms with Crippen LogP contribution in [0.3, 0.4) is 0 Å². The summed E-state index contributed by atoms with van der Waals surface area (Å²) in [6, 6.07) is 8.66. The first-order valence-electron chi connectivity index (χ1n) is 4.01. The number of hydrogen-bond acceptors (Lipinski definition) is 3. The molecule has 1 N–H and O–H groups in total. The average molecular weight is 443 g/mol. The molecular formula is C6H7F6O4S2Sb. The van der Waals surface area contributed by atoms with Crippen molar-refractivity contribution < 1.29 is 33.5 Å². The molecule has 19 heavy (non-hydrogen) atoms. The van der Waals surface area contributed by atoms with Crippen molar-refractivity contribution in [2.75, 3.05) is 0 Å². The topological polar surface area (TPSA) is 63.6 Å². The van der Waals surface area contributed by atoms with Crippen LogP contribution in [0.25, 0.3) is 0 Å². The van der Waals surface area contributed by atoms with Gasteiger partial charge < -0.3 is 0 Å². The minimum atomic E-state index is -11.2. The van der Waals surface area contributed by atoms with Gasteiger partial charge in [0.05, 0.1) is 0 Å². The van der Waals surface area contributed by atoms with Crippen molar-refractivity contribution in [2.24, 2.45) is 0 Å². The van der Waals surface area contributed by atoms with Crippen LogP contribution in [0.4, 0.5) is 16.9 Å². The van der Waals surface area contributed by atoms with E-state index in [1.807, 2.05) is 0 Å². The fraction of sp³-hybridized carbons (Fsp3) is 0. The van der Waals surface area contributed by atoms with E-state index in [1.54, 1.807) is 30.3 Å². The fourth-order valence-corrected chi connectivity index (χ4v) is 1.59. The van der Waals surface area contributed by atoms with Gasteiger partial charge in [-0.05, 0) is 15.8 Å². The van der Waals surface area contributed by atoms with Gasteiger partial charge in [0, 0.05) is 0 Å². The van der Waals surface area contributed by atoms with Crippen molar-refractivity contribution in [1.82, 2.24) is 0 Å². The second-order valence-corrected chi connectivity index (χ2v) is 10.5. The first-order chi connectivity index (χ1) is 8.03. The van der Waals surface area contributed by atoms with E-state index in [4.69, 9.17) is 4.55 Å². The van der Waals surface area contributed by atoms with Crippen LogP contribution in [-0.2, 0) is 26.1 Å². The number of thiol groups is 1. The summed E-state index contributed by atoms with van der Waals surface area (Å²) in [5, 5.41) is 0. The van der Waals surface area contributed by atoms with E-state index in [9.17, 15) is 25.3 Å². The molecule has 13 heteroatoms. The van der Waals surface area contributed by atoms with Gasteiger partial charge in [0.15, 0.2) is 16.9 Å². The third-order valence-corrected chi connectivity index (χ3v) is 2.55. The van der Waals surface area contributed by atoms with Crippen LogP contribution in [0.1, 0.15) is 0 Å².